The van der Waals surface area contributed by atoms with Crippen molar-refractivity contribution in [2.45, 2.75) is 63.8 Å². The maximum atomic E-state index is 12.3. The molecule has 2 fully saturated rings. The summed E-state index contributed by atoms with van der Waals surface area (Å²) in [6, 6.07) is 0.268. The first kappa shape index (κ1) is 13.2. The molecule has 0 unspecified atom stereocenters. The van der Waals surface area contributed by atoms with Gasteiger partial charge in [0.25, 0.3) is 0 Å². The summed E-state index contributed by atoms with van der Waals surface area (Å²) in [7, 11) is 0. The Hall–Kier alpha value is -1.26. The average molecular weight is 253 g/mol. The lowest BCUT2D eigenvalue weighted by Crippen LogP contribution is -2.55. The first-order valence-corrected chi connectivity index (χ1v) is 6.98. The zero-order chi connectivity index (χ0) is 13.0. The van der Waals surface area contributed by atoms with Gasteiger partial charge in [-0.2, -0.15) is 0 Å². The Morgan fingerprint density at radius 1 is 1.17 bits per heavy atom. The van der Waals surface area contributed by atoms with E-state index in [1.54, 1.807) is 0 Å². The molecule has 0 heterocycles. The van der Waals surface area contributed by atoms with Crippen LogP contribution in [0.4, 0.5) is 0 Å². The molecule has 0 bridgehead atoms. The largest absolute Gasteiger partial charge is 0.409 e. The van der Waals surface area contributed by atoms with Crippen molar-refractivity contribution in [3.05, 3.63) is 0 Å². The smallest absolute Gasteiger partial charge is 0.234 e. The van der Waals surface area contributed by atoms with Crippen LogP contribution in [0, 0.1) is 5.41 Å². The number of nitrogens with two attached hydrogens (primary N) is 1. The second-order valence-electron chi connectivity index (χ2n) is 5.58. The molecule has 0 aromatic heterocycles. The Bertz CT molecular complexity index is 329. The quantitative estimate of drug-likeness (QED) is 0.235. The lowest BCUT2D eigenvalue weighted by Gasteiger charge is -2.39. The number of hydrogen-bond donors (Lipinski definition) is 3. The molecule has 2 rings (SSSR count). The van der Waals surface area contributed by atoms with E-state index in [0.29, 0.717) is 12.8 Å². The molecule has 5 nitrogen and oxygen atoms in total. The zero-order valence-corrected chi connectivity index (χ0v) is 10.8. The first-order valence-electron chi connectivity index (χ1n) is 6.98. The third-order valence-corrected chi connectivity index (χ3v) is 4.43. The summed E-state index contributed by atoms with van der Waals surface area (Å²) in [5.41, 5.74) is 4.95. The molecule has 2 aliphatic rings. The van der Waals surface area contributed by atoms with E-state index in [1.807, 2.05) is 0 Å². The summed E-state index contributed by atoms with van der Waals surface area (Å²) < 4.78 is 0. The van der Waals surface area contributed by atoms with Gasteiger partial charge in [-0.3, -0.25) is 4.79 Å². The number of carbonyl (C=O) groups excluding carboxylic acids is 1. The molecule has 0 saturated heterocycles. The van der Waals surface area contributed by atoms with Gasteiger partial charge in [0.15, 0.2) is 5.84 Å². The van der Waals surface area contributed by atoms with Gasteiger partial charge in [-0.05, 0) is 25.7 Å². The van der Waals surface area contributed by atoms with Gasteiger partial charge in [0.2, 0.25) is 5.91 Å². The van der Waals surface area contributed by atoms with E-state index in [0.717, 1.165) is 19.3 Å². The Morgan fingerprint density at radius 3 is 2.22 bits per heavy atom. The van der Waals surface area contributed by atoms with Crippen LogP contribution in [-0.2, 0) is 4.79 Å². The van der Waals surface area contributed by atoms with Crippen LogP contribution in [0.5, 0.6) is 0 Å². The fraction of sp³-hybridized carbons (Fsp3) is 0.846. The van der Waals surface area contributed by atoms with Gasteiger partial charge in [0, 0.05) is 6.04 Å². The van der Waals surface area contributed by atoms with E-state index < -0.39 is 5.41 Å². The summed E-state index contributed by atoms with van der Waals surface area (Å²) in [6.45, 7) is 0. The van der Waals surface area contributed by atoms with Crippen LogP contribution >= 0.6 is 0 Å². The molecule has 102 valence electrons. The molecule has 1 amide bonds. The summed E-state index contributed by atoms with van der Waals surface area (Å²) in [6.07, 6.45) is 9.35. The number of oxime groups is 1. The predicted octanol–water partition coefficient (Wildman–Crippen LogP) is 1.74. The SMILES string of the molecule is NC(=NO)C1(C(=O)NC2CCCCCC2)CCC1. The van der Waals surface area contributed by atoms with Crippen LogP contribution in [0.2, 0.25) is 0 Å². The Morgan fingerprint density at radius 2 is 1.78 bits per heavy atom. The zero-order valence-electron chi connectivity index (χ0n) is 10.8. The number of nitrogens with zero attached hydrogens (tertiary/aromatic N) is 1. The minimum Gasteiger partial charge on any atom is -0.409 e. The highest BCUT2D eigenvalue weighted by Crippen LogP contribution is 2.41. The van der Waals surface area contributed by atoms with Crippen molar-refractivity contribution < 1.29 is 10.0 Å². The van der Waals surface area contributed by atoms with Crippen LogP contribution in [0.3, 0.4) is 0 Å². The topological polar surface area (TPSA) is 87.7 Å². The first-order chi connectivity index (χ1) is 8.69. The summed E-state index contributed by atoms with van der Waals surface area (Å²) in [5, 5.41) is 15.0. The van der Waals surface area contributed by atoms with Crippen LogP contribution in [0.25, 0.3) is 0 Å². The van der Waals surface area contributed by atoms with Crippen LogP contribution in [-0.4, -0.2) is 23.0 Å². The third-order valence-electron chi connectivity index (χ3n) is 4.43. The predicted molar refractivity (Wildman–Crippen MR) is 69.3 cm³/mol. The molecule has 0 aromatic rings. The Kier molecular flexibility index (Phi) is 4.09. The monoisotopic (exact) mass is 253 g/mol. The van der Waals surface area contributed by atoms with E-state index in [9.17, 15) is 4.79 Å². The van der Waals surface area contributed by atoms with Crippen molar-refractivity contribution in [2.24, 2.45) is 16.3 Å². The van der Waals surface area contributed by atoms with Gasteiger partial charge in [-0.1, -0.05) is 37.3 Å². The van der Waals surface area contributed by atoms with Gasteiger partial charge in [0.1, 0.15) is 5.41 Å². The number of nitrogens with one attached hydrogen (secondary N) is 1. The lowest BCUT2D eigenvalue weighted by atomic mass is 9.67. The van der Waals surface area contributed by atoms with E-state index in [1.165, 1.54) is 25.7 Å². The minimum absolute atomic E-state index is 0.0454. The van der Waals surface area contributed by atoms with Crippen LogP contribution in [0.1, 0.15) is 57.8 Å². The van der Waals surface area contributed by atoms with E-state index >= 15 is 0 Å². The van der Waals surface area contributed by atoms with Crippen molar-refractivity contribution >= 4 is 11.7 Å². The number of rotatable bonds is 3. The lowest BCUT2D eigenvalue weighted by molar-refractivity contribution is -0.131. The molecule has 2 saturated carbocycles. The molecule has 0 aromatic carbocycles. The summed E-state index contributed by atoms with van der Waals surface area (Å²) in [5.74, 6) is 0.0239. The fourth-order valence-electron chi connectivity index (χ4n) is 2.97. The molecule has 5 heteroatoms. The maximum Gasteiger partial charge on any atom is 0.234 e. The molecule has 18 heavy (non-hydrogen) atoms. The summed E-state index contributed by atoms with van der Waals surface area (Å²) >= 11 is 0. The molecular weight excluding hydrogens is 230 g/mol. The fourth-order valence-corrected chi connectivity index (χ4v) is 2.97. The highest BCUT2D eigenvalue weighted by molar-refractivity contribution is 6.07. The van der Waals surface area contributed by atoms with Crippen LogP contribution in [0.15, 0.2) is 5.16 Å². The number of amides is 1. The highest BCUT2D eigenvalue weighted by Gasteiger charge is 2.48. The van der Waals surface area contributed by atoms with Crippen molar-refractivity contribution in [1.29, 1.82) is 0 Å². The molecule has 2 aliphatic carbocycles. The molecule has 0 atom stereocenters. The van der Waals surface area contributed by atoms with Crippen molar-refractivity contribution in [3.8, 4) is 0 Å². The van der Waals surface area contributed by atoms with E-state index in [-0.39, 0.29) is 17.8 Å². The number of hydrogen-bond acceptors (Lipinski definition) is 3. The van der Waals surface area contributed by atoms with Gasteiger partial charge in [-0.25, -0.2) is 0 Å². The number of amidine groups is 1. The normalized spacial score (nSPS) is 25.0. The van der Waals surface area contributed by atoms with E-state index in [2.05, 4.69) is 10.5 Å². The van der Waals surface area contributed by atoms with E-state index in [4.69, 9.17) is 10.9 Å². The molecule has 0 spiro atoms. The second-order valence-corrected chi connectivity index (χ2v) is 5.58. The minimum atomic E-state index is -0.735. The van der Waals surface area contributed by atoms with Crippen molar-refractivity contribution in [3.63, 3.8) is 0 Å². The summed E-state index contributed by atoms with van der Waals surface area (Å²) in [4.78, 5) is 12.3. The van der Waals surface area contributed by atoms with Gasteiger partial charge < -0.3 is 16.3 Å². The molecule has 0 aliphatic heterocycles. The van der Waals surface area contributed by atoms with Gasteiger partial charge in [0.05, 0.1) is 0 Å². The van der Waals surface area contributed by atoms with Crippen molar-refractivity contribution in [1.82, 2.24) is 5.32 Å². The average Bonchev–Trinajstić information content (AvgIpc) is 2.55. The molecular formula is C13H23N3O2. The standard InChI is InChI=1S/C13H23N3O2/c14-11(16-18)13(8-5-9-13)12(17)15-10-6-3-1-2-4-7-10/h10,18H,1-9H2,(H2,14,16)(H,15,17). The maximum absolute atomic E-state index is 12.3. The van der Waals surface area contributed by atoms with Gasteiger partial charge in [-0.15, -0.1) is 0 Å². The molecule has 4 N–H and O–H groups in total. The van der Waals surface area contributed by atoms with Crippen molar-refractivity contribution in [2.75, 3.05) is 0 Å². The Balaban J connectivity index is 1.97. The van der Waals surface area contributed by atoms with Gasteiger partial charge >= 0.3 is 0 Å². The van der Waals surface area contributed by atoms with Crippen LogP contribution < -0.4 is 11.1 Å². The third kappa shape index (κ3) is 2.44. The second kappa shape index (κ2) is 5.59. The molecule has 0 radical (unpaired) electrons. The Labute approximate surface area is 108 Å². The number of carbonyl (C=O) groups is 1. The highest BCUT2D eigenvalue weighted by atomic mass is 16.4.